The molecule has 0 fully saturated rings. The van der Waals surface area contributed by atoms with E-state index in [0.29, 0.717) is 17.9 Å². The number of methoxy groups -OCH3 is 1. The van der Waals surface area contributed by atoms with E-state index in [1.807, 2.05) is 49.6 Å². The van der Waals surface area contributed by atoms with Gasteiger partial charge < -0.3 is 10.1 Å². The van der Waals surface area contributed by atoms with E-state index in [4.69, 9.17) is 4.74 Å². The second-order valence-corrected chi connectivity index (χ2v) is 6.51. The maximum atomic E-state index is 12.5. The van der Waals surface area contributed by atoms with Crippen LogP contribution in [0, 0.1) is 13.8 Å². The summed E-state index contributed by atoms with van der Waals surface area (Å²) in [6, 6.07) is 5.71. The molecule has 0 unspecified atom stereocenters. The number of nitrogens with zero attached hydrogens (tertiary/aromatic N) is 1. The number of rotatable bonds is 4. The lowest BCUT2D eigenvalue weighted by Crippen LogP contribution is -2.14. The number of aromatic nitrogens is 1. The molecule has 1 heterocycles. The average Bonchev–Trinajstić information content (AvgIpc) is 3.17. The standard InChI is InChI=1S/C18H18N2O2S/c1-11-4-7-15(17(8-11)22-3)20-18(21)14-6-5-13(9-14)16-10-23-12(2)19-16/h4-5,7-10H,6H2,1-3H3,(H,20,21). The van der Waals surface area contributed by atoms with Gasteiger partial charge in [0.25, 0.3) is 5.91 Å². The lowest BCUT2D eigenvalue weighted by atomic mass is 10.1. The monoisotopic (exact) mass is 326 g/mol. The van der Waals surface area contributed by atoms with E-state index >= 15 is 0 Å². The van der Waals surface area contributed by atoms with Crippen LogP contribution in [0.2, 0.25) is 0 Å². The lowest BCUT2D eigenvalue weighted by molar-refractivity contribution is -0.112. The lowest BCUT2D eigenvalue weighted by Gasteiger charge is -2.11. The first-order valence-corrected chi connectivity index (χ1v) is 8.24. The summed E-state index contributed by atoms with van der Waals surface area (Å²) in [6.07, 6.45) is 4.56. The van der Waals surface area contributed by atoms with Gasteiger partial charge in [-0.3, -0.25) is 4.79 Å². The van der Waals surface area contributed by atoms with Gasteiger partial charge in [-0.05, 0) is 49.6 Å². The minimum Gasteiger partial charge on any atom is -0.495 e. The summed E-state index contributed by atoms with van der Waals surface area (Å²) in [7, 11) is 1.60. The number of hydrogen-bond donors (Lipinski definition) is 1. The van der Waals surface area contributed by atoms with E-state index in [1.54, 1.807) is 18.4 Å². The Hall–Kier alpha value is -2.40. The smallest absolute Gasteiger partial charge is 0.252 e. The Morgan fingerprint density at radius 1 is 1.35 bits per heavy atom. The SMILES string of the molecule is COc1cc(C)ccc1NC(=O)C1=CC(c2csc(C)n2)=CC1. The summed E-state index contributed by atoms with van der Waals surface area (Å²) in [4.78, 5) is 16.9. The zero-order chi connectivity index (χ0) is 16.4. The molecule has 0 bridgehead atoms. The highest BCUT2D eigenvalue weighted by Gasteiger charge is 2.18. The number of anilines is 1. The minimum absolute atomic E-state index is 0.106. The number of nitrogens with one attached hydrogen (secondary N) is 1. The molecule has 1 aromatic heterocycles. The molecule has 1 aliphatic carbocycles. The Morgan fingerprint density at radius 3 is 2.87 bits per heavy atom. The van der Waals surface area contributed by atoms with Gasteiger partial charge in [0.1, 0.15) is 5.75 Å². The number of aryl methyl sites for hydroxylation is 2. The van der Waals surface area contributed by atoms with E-state index in [0.717, 1.165) is 27.4 Å². The molecule has 2 aromatic rings. The van der Waals surface area contributed by atoms with Gasteiger partial charge in [0, 0.05) is 11.0 Å². The number of ether oxygens (including phenoxy) is 1. The highest BCUT2D eigenvalue weighted by Crippen LogP contribution is 2.30. The molecule has 1 aliphatic rings. The minimum atomic E-state index is -0.106. The summed E-state index contributed by atoms with van der Waals surface area (Å²) in [5.41, 5.74) is 4.44. The first-order valence-electron chi connectivity index (χ1n) is 7.36. The van der Waals surface area contributed by atoms with Gasteiger partial charge in [0.15, 0.2) is 0 Å². The summed E-state index contributed by atoms with van der Waals surface area (Å²) in [6.45, 7) is 3.96. The van der Waals surface area contributed by atoms with Crippen molar-refractivity contribution in [1.29, 1.82) is 0 Å². The number of benzene rings is 1. The fourth-order valence-electron chi connectivity index (χ4n) is 2.46. The highest BCUT2D eigenvalue weighted by atomic mass is 32.1. The van der Waals surface area contributed by atoms with E-state index in [-0.39, 0.29) is 5.91 Å². The number of amides is 1. The Labute approximate surface area is 139 Å². The Morgan fingerprint density at radius 2 is 2.17 bits per heavy atom. The number of carbonyl (C=O) groups is 1. The second-order valence-electron chi connectivity index (χ2n) is 5.44. The predicted molar refractivity (Wildman–Crippen MR) is 93.9 cm³/mol. The molecule has 0 atom stereocenters. The van der Waals surface area contributed by atoms with Gasteiger partial charge in [0.05, 0.1) is 23.5 Å². The van der Waals surface area contributed by atoms with Crippen molar-refractivity contribution < 1.29 is 9.53 Å². The molecule has 0 saturated heterocycles. The Kier molecular flexibility index (Phi) is 4.30. The number of allylic oxidation sites excluding steroid dienone is 3. The van der Waals surface area contributed by atoms with Gasteiger partial charge in [-0.25, -0.2) is 4.98 Å². The molecule has 0 radical (unpaired) electrons. The van der Waals surface area contributed by atoms with Crippen LogP contribution in [-0.4, -0.2) is 18.0 Å². The van der Waals surface area contributed by atoms with Crippen molar-refractivity contribution in [3.8, 4) is 5.75 Å². The van der Waals surface area contributed by atoms with Gasteiger partial charge in [-0.2, -0.15) is 0 Å². The van der Waals surface area contributed by atoms with Gasteiger partial charge in [0.2, 0.25) is 0 Å². The first kappa shape index (κ1) is 15.5. The van der Waals surface area contributed by atoms with Crippen LogP contribution in [0.1, 0.15) is 22.7 Å². The fraction of sp³-hybridized carbons (Fsp3) is 0.222. The third-order valence-electron chi connectivity index (χ3n) is 3.68. The van der Waals surface area contributed by atoms with Crippen molar-refractivity contribution >= 4 is 28.5 Å². The Bertz CT molecular complexity index is 818. The largest absolute Gasteiger partial charge is 0.495 e. The first-order chi connectivity index (χ1) is 11.1. The van der Waals surface area contributed by atoms with Crippen LogP contribution in [0.25, 0.3) is 5.57 Å². The van der Waals surface area contributed by atoms with Crippen molar-refractivity contribution in [2.24, 2.45) is 0 Å². The summed E-state index contributed by atoms with van der Waals surface area (Å²) < 4.78 is 5.33. The van der Waals surface area contributed by atoms with Gasteiger partial charge >= 0.3 is 0 Å². The van der Waals surface area contributed by atoms with Gasteiger partial charge in [-0.1, -0.05) is 12.1 Å². The third-order valence-corrected chi connectivity index (χ3v) is 4.46. The topological polar surface area (TPSA) is 51.2 Å². The number of thiazole rings is 1. The van der Waals surface area contributed by atoms with E-state index < -0.39 is 0 Å². The van der Waals surface area contributed by atoms with E-state index in [9.17, 15) is 4.79 Å². The predicted octanol–water partition coefficient (Wildman–Crippen LogP) is 4.12. The van der Waals surface area contributed by atoms with Crippen LogP contribution in [0.4, 0.5) is 5.69 Å². The van der Waals surface area contributed by atoms with Crippen LogP contribution >= 0.6 is 11.3 Å². The van der Waals surface area contributed by atoms with Crippen molar-refractivity contribution in [1.82, 2.24) is 4.98 Å². The van der Waals surface area contributed by atoms with Crippen molar-refractivity contribution in [3.05, 3.63) is 57.6 Å². The summed E-state index contributed by atoms with van der Waals surface area (Å²) in [5.74, 6) is 0.561. The molecular formula is C18H18N2O2S. The normalized spacial score (nSPS) is 13.5. The quantitative estimate of drug-likeness (QED) is 0.919. The highest BCUT2D eigenvalue weighted by molar-refractivity contribution is 7.09. The van der Waals surface area contributed by atoms with Crippen LogP contribution in [0.15, 0.2) is 41.3 Å². The zero-order valence-electron chi connectivity index (χ0n) is 13.3. The molecule has 0 aliphatic heterocycles. The van der Waals surface area contributed by atoms with Crippen LogP contribution < -0.4 is 10.1 Å². The van der Waals surface area contributed by atoms with Crippen molar-refractivity contribution in [2.75, 3.05) is 12.4 Å². The molecule has 4 nitrogen and oxygen atoms in total. The third kappa shape index (κ3) is 3.35. The van der Waals surface area contributed by atoms with E-state index in [1.165, 1.54) is 0 Å². The molecule has 0 spiro atoms. The molecular weight excluding hydrogens is 308 g/mol. The summed E-state index contributed by atoms with van der Waals surface area (Å²) in [5, 5.41) is 5.96. The molecule has 5 heteroatoms. The zero-order valence-corrected chi connectivity index (χ0v) is 14.2. The fourth-order valence-corrected chi connectivity index (χ4v) is 3.08. The number of hydrogen-bond acceptors (Lipinski definition) is 4. The van der Waals surface area contributed by atoms with Crippen LogP contribution in [-0.2, 0) is 4.79 Å². The van der Waals surface area contributed by atoms with Crippen LogP contribution in [0.5, 0.6) is 5.75 Å². The Balaban J connectivity index is 1.75. The molecule has 118 valence electrons. The van der Waals surface area contributed by atoms with Gasteiger partial charge in [-0.15, -0.1) is 11.3 Å². The average molecular weight is 326 g/mol. The summed E-state index contributed by atoms with van der Waals surface area (Å²) >= 11 is 1.61. The van der Waals surface area contributed by atoms with Crippen LogP contribution in [0.3, 0.4) is 0 Å². The second kappa shape index (κ2) is 6.38. The molecule has 3 rings (SSSR count). The molecule has 0 saturated carbocycles. The maximum Gasteiger partial charge on any atom is 0.252 e. The van der Waals surface area contributed by atoms with E-state index in [2.05, 4.69) is 10.3 Å². The van der Waals surface area contributed by atoms with Crippen molar-refractivity contribution in [3.63, 3.8) is 0 Å². The molecule has 1 aromatic carbocycles. The maximum absolute atomic E-state index is 12.5. The molecule has 1 amide bonds. The van der Waals surface area contributed by atoms with Crippen molar-refractivity contribution in [2.45, 2.75) is 20.3 Å². The molecule has 1 N–H and O–H groups in total. The molecule has 23 heavy (non-hydrogen) atoms. The number of carbonyl (C=O) groups excluding carboxylic acids is 1.